The van der Waals surface area contributed by atoms with Crippen molar-refractivity contribution in [1.29, 1.82) is 0 Å². The number of amides is 2. The highest BCUT2D eigenvalue weighted by Gasteiger charge is 2.32. The minimum Gasteiger partial charge on any atom is -0.325 e. The monoisotopic (exact) mass is 210 g/mol. The van der Waals surface area contributed by atoms with Crippen molar-refractivity contribution in [3.63, 3.8) is 0 Å². The number of alkyl halides is 3. The fourth-order valence-electron chi connectivity index (χ4n) is 1.47. The van der Waals surface area contributed by atoms with Crippen LogP contribution >= 0.6 is 0 Å². The Bertz CT molecular complexity index is 197. The van der Waals surface area contributed by atoms with E-state index < -0.39 is 12.3 Å². The van der Waals surface area contributed by atoms with Gasteiger partial charge in [-0.15, -0.1) is 0 Å². The molecule has 2 amide bonds. The quantitative estimate of drug-likeness (QED) is 0.610. The van der Waals surface area contributed by atoms with E-state index in [1.165, 1.54) is 4.90 Å². The first kappa shape index (κ1) is 11.1. The van der Waals surface area contributed by atoms with Gasteiger partial charge < -0.3 is 4.90 Å². The molecule has 6 heteroatoms. The number of halogens is 3. The highest BCUT2D eigenvalue weighted by molar-refractivity contribution is 5.74. The second-order valence-electron chi connectivity index (χ2n) is 3.33. The van der Waals surface area contributed by atoms with Gasteiger partial charge in [0.2, 0.25) is 0 Å². The van der Waals surface area contributed by atoms with Gasteiger partial charge in [0.15, 0.2) is 0 Å². The molecule has 1 aliphatic heterocycles. The second-order valence-corrected chi connectivity index (χ2v) is 3.33. The van der Waals surface area contributed by atoms with E-state index in [9.17, 15) is 18.0 Å². The summed E-state index contributed by atoms with van der Waals surface area (Å²) < 4.78 is 35.4. The molecule has 3 nitrogen and oxygen atoms in total. The Kier molecular flexibility index (Phi) is 3.60. The molecule has 0 aromatic rings. The highest BCUT2D eigenvalue weighted by Crippen LogP contribution is 2.13. The third-order valence-electron chi connectivity index (χ3n) is 2.14. The van der Waals surface area contributed by atoms with E-state index >= 15 is 0 Å². The van der Waals surface area contributed by atoms with Crippen LogP contribution in [0.5, 0.6) is 0 Å². The van der Waals surface area contributed by atoms with Crippen molar-refractivity contribution in [3.8, 4) is 0 Å². The number of urea groups is 1. The smallest absolute Gasteiger partial charge is 0.325 e. The van der Waals surface area contributed by atoms with Gasteiger partial charge in [-0.3, -0.25) is 0 Å². The molecular formula is C8H13F3N2O. The minimum atomic E-state index is -4.62. The predicted molar refractivity (Wildman–Crippen MR) is 44.6 cm³/mol. The third-order valence-corrected chi connectivity index (χ3v) is 2.14. The van der Waals surface area contributed by atoms with Gasteiger partial charge in [-0.05, 0) is 12.8 Å². The maximum Gasteiger partial charge on any atom is 0.485 e. The highest BCUT2D eigenvalue weighted by atomic mass is 19.4. The first-order chi connectivity index (χ1) is 6.49. The molecular weight excluding hydrogens is 197 g/mol. The summed E-state index contributed by atoms with van der Waals surface area (Å²) in [5.41, 5.74) is 0. The number of likely N-dealkylation sites (tertiary alicyclic amines) is 1. The molecule has 1 rings (SSSR count). The van der Waals surface area contributed by atoms with Gasteiger partial charge in [0.05, 0.1) is 0 Å². The zero-order chi connectivity index (χ0) is 10.6. The van der Waals surface area contributed by atoms with Gasteiger partial charge >= 0.3 is 12.3 Å². The minimum absolute atomic E-state index is 0.419. The summed E-state index contributed by atoms with van der Waals surface area (Å²) in [5.74, 6) is 0. The van der Waals surface area contributed by atoms with Crippen LogP contribution in [-0.4, -0.2) is 30.3 Å². The molecule has 1 saturated heterocycles. The lowest BCUT2D eigenvalue weighted by atomic mass is 10.2. The molecule has 0 unspecified atom stereocenters. The number of nitrogens with one attached hydrogen (secondary N) is 1. The average Bonchev–Trinajstić information content (AvgIpc) is 2.27. The normalized spacial score (nSPS) is 18.9. The summed E-state index contributed by atoms with van der Waals surface area (Å²) in [7, 11) is 0. The fraction of sp³-hybridized carbons (Fsp3) is 0.875. The molecule has 1 N–H and O–H groups in total. The lowest BCUT2D eigenvalue weighted by molar-refractivity contribution is -0.147. The van der Waals surface area contributed by atoms with Crippen molar-refractivity contribution in [3.05, 3.63) is 0 Å². The maximum atomic E-state index is 11.8. The standard InChI is InChI=1S/C8H13F3N2O/c9-8(10,11)12-7(14)13-5-3-1-2-4-6-13/h1-6H2,(H,12,14). The van der Waals surface area contributed by atoms with Crippen molar-refractivity contribution >= 4 is 6.03 Å². The van der Waals surface area contributed by atoms with Crippen molar-refractivity contribution in [2.75, 3.05) is 13.1 Å². The Morgan fingerprint density at radius 3 is 2.00 bits per heavy atom. The molecule has 82 valence electrons. The average molecular weight is 210 g/mol. The first-order valence-electron chi connectivity index (χ1n) is 4.63. The summed E-state index contributed by atoms with van der Waals surface area (Å²) >= 11 is 0. The number of nitrogens with zero attached hydrogens (tertiary/aromatic N) is 1. The van der Waals surface area contributed by atoms with Crippen molar-refractivity contribution in [2.24, 2.45) is 0 Å². The van der Waals surface area contributed by atoms with E-state index in [1.54, 1.807) is 0 Å². The Labute approximate surface area is 80.3 Å². The largest absolute Gasteiger partial charge is 0.485 e. The Hall–Kier alpha value is -0.940. The molecule has 14 heavy (non-hydrogen) atoms. The maximum absolute atomic E-state index is 11.8. The van der Waals surface area contributed by atoms with Gasteiger partial charge in [-0.2, -0.15) is 13.2 Å². The lowest BCUT2D eigenvalue weighted by Crippen LogP contribution is -2.46. The lowest BCUT2D eigenvalue weighted by Gasteiger charge is -2.21. The molecule has 0 atom stereocenters. The number of hydrogen-bond acceptors (Lipinski definition) is 1. The van der Waals surface area contributed by atoms with E-state index in [0.717, 1.165) is 31.0 Å². The Balaban J connectivity index is 2.42. The van der Waals surface area contributed by atoms with Crippen molar-refractivity contribution in [1.82, 2.24) is 10.2 Å². The van der Waals surface area contributed by atoms with Crippen LogP contribution in [0.4, 0.5) is 18.0 Å². The summed E-state index contributed by atoms with van der Waals surface area (Å²) in [6, 6.07) is -1.03. The molecule has 0 aromatic carbocycles. The molecule has 0 saturated carbocycles. The van der Waals surface area contributed by atoms with Gasteiger partial charge in [0.1, 0.15) is 0 Å². The number of rotatable bonds is 0. The Morgan fingerprint density at radius 1 is 1.07 bits per heavy atom. The molecule has 0 spiro atoms. The number of carbonyl (C=O) groups is 1. The van der Waals surface area contributed by atoms with Gasteiger partial charge in [0, 0.05) is 13.1 Å². The van der Waals surface area contributed by atoms with E-state index in [0.29, 0.717) is 13.1 Å². The molecule has 0 aromatic heterocycles. The Morgan fingerprint density at radius 2 is 1.57 bits per heavy atom. The van der Waals surface area contributed by atoms with E-state index in [-0.39, 0.29) is 0 Å². The number of hydrogen-bond donors (Lipinski definition) is 1. The van der Waals surface area contributed by atoms with Crippen LogP contribution in [0.2, 0.25) is 0 Å². The van der Waals surface area contributed by atoms with Crippen LogP contribution in [0, 0.1) is 0 Å². The third kappa shape index (κ3) is 3.85. The van der Waals surface area contributed by atoms with Crippen LogP contribution in [-0.2, 0) is 0 Å². The van der Waals surface area contributed by atoms with Gasteiger partial charge in [-0.1, -0.05) is 12.8 Å². The SMILES string of the molecule is O=C(NC(F)(F)F)N1CCCCCC1. The van der Waals surface area contributed by atoms with E-state index in [1.807, 2.05) is 0 Å². The van der Waals surface area contributed by atoms with E-state index in [4.69, 9.17) is 0 Å². The van der Waals surface area contributed by atoms with Crippen LogP contribution < -0.4 is 5.32 Å². The van der Waals surface area contributed by atoms with Gasteiger partial charge in [0.25, 0.3) is 0 Å². The van der Waals surface area contributed by atoms with Crippen LogP contribution in [0.25, 0.3) is 0 Å². The van der Waals surface area contributed by atoms with Crippen LogP contribution in [0.3, 0.4) is 0 Å². The van der Waals surface area contributed by atoms with Crippen LogP contribution in [0.1, 0.15) is 25.7 Å². The van der Waals surface area contributed by atoms with Crippen molar-refractivity contribution in [2.45, 2.75) is 32.0 Å². The van der Waals surface area contributed by atoms with Crippen molar-refractivity contribution < 1.29 is 18.0 Å². The number of carbonyl (C=O) groups excluding carboxylic acids is 1. The summed E-state index contributed by atoms with van der Waals surface area (Å²) in [6.07, 6.45) is -1.09. The first-order valence-corrected chi connectivity index (χ1v) is 4.63. The molecule has 0 aliphatic carbocycles. The summed E-state index contributed by atoms with van der Waals surface area (Å²) in [5, 5.41) is 1.00. The van der Waals surface area contributed by atoms with E-state index in [2.05, 4.69) is 0 Å². The molecule has 0 radical (unpaired) electrons. The summed E-state index contributed by atoms with van der Waals surface area (Å²) in [6.45, 7) is 0.837. The second kappa shape index (κ2) is 4.52. The topological polar surface area (TPSA) is 32.3 Å². The fourth-order valence-corrected chi connectivity index (χ4v) is 1.47. The zero-order valence-corrected chi connectivity index (χ0v) is 7.73. The van der Waals surface area contributed by atoms with Crippen LogP contribution in [0.15, 0.2) is 0 Å². The summed E-state index contributed by atoms with van der Waals surface area (Å²) in [4.78, 5) is 12.3. The van der Waals surface area contributed by atoms with Gasteiger partial charge in [-0.25, -0.2) is 10.1 Å². The molecule has 1 fully saturated rings. The molecule has 1 aliphatic rings. The predicted octanol–water partition coefficient (Wildman–Crippen LogP) is 2.09. The molecule has 0 bridgehead atoms. The molecule has 1 heterocycles. The zero-order valence-electron chi connectivity index (χ0n) is 7.73.